The maximum atomic E-state index is 12.8. The van der Waals surface area contributed by atoms with Gasteiger partial charge in [-0.05, 0) is 63.1 Å². The van der Waals surface area contributed by atoms with E-state index in [0.29, 0.717) is 11.9 Å². The van der Waals surface area contributed by atoms with Gasteiger partial charge in [0.05, 0.1) is 10.9 Å². The molecule has 0 radical (unpaired) electrons. The minimum Gasteiger partial charge on any atom is -0.480 e. The molecule has 0 spiro atoms. The molecule has 164 valence electrons. The van der Waals surface area contributed by atoms with Crippen LogP contribution in [0.25, 0.3) is 10.9 Å². The molecule has 31 heavy (non-hydrogen) atoms. The number of fused-ring (bicyclic) bond motifs is 1. The molecular formula is C24H29N3O3S. The van der Waals surface area contributed by atoms with E-state index in [0.717, 1.165) is 47.7 Å². The first-order valence-electron chi connectivity index (χ1n) is 10.6. The number of anilines is 1. The molecule has 6 nitrogen and oxygen atoms in total. The summed E-state index contributed by atoms with van der Waals surface area (Å²) in [5.74, 6) is 0.000634. The van der Waals surface area contributed by atoms with Crippen LogP contribution >= 0.6 is 11.8 Å². The van der Waals surface area contributed by atoms with Crippen molar-refractivity contribution in [3.05, 3.63) is 64.7 Å². The van der Waals surface area contributed by atoms with Crippen molar-refractivity contribution in [2.24, 2.45) is 0 Å². The Morgan fingerprint density at radius 1 is 1.13 bits per heavy atom. The zero-order valence-corrected chi connectivity index (χ0v) is 19.0. The Kier molecular flexibility index (Phi) is 7.38. The fraction of sp³-hybridized carbons (Fsp3) is 0.375. The molecule has 3 rings (SSSR count). The first-order chi connectivity index (χ1) is 14.8. The van der Waals surface area contributed by atoms with Crippen molar-refractivity contribution in [1.29, 1.82) is 0 Å². The van der Waals surface area contributed by atoms with Gasteiger partial charge in [-0.1, -0.05) is 19.1 Å². The molecule has 2 aromatic carbocycles. The van der Waals surface area contributed by atoms with Crippen LogP contribution in [0.2, 0.25) is 0 Å². The average Bonchev–Trinajstić information content (AvgIpc) is 2.75. The van der Waals surface area contributed by atoms with Gasteiger partial charge in [-0.15, -0.1) is 11.8 Å². The summed E-state index contributed by atoms with van der Waals surface area (Å²) in [5.41, 5.74) is 1.79. The smallest absolute Gasteiger partial charge is 0.319 e. The van der Waals surface area contributed by atoms with E-state index in [1.807, 2.05) is 55.5 Å². The highest BCUT2D eigenvalue weighted by Crippen LogP contribution is 2.33. The van der Waals surface area contributed by atoms with Gasteiger partial charge in [0, 0.05) is 30.1 Å². The number of benzene rings is 2. The van der Waals surface area contributed by atoms with Crippen molar-refractivity contribution in [2.75, 3.05) is 11.9 Å². The second-order valence-corrected chi connectivity index (χ2v) is 9.63. The van der Waals surface area contributed by atoms with Gasteiger partial charge in [0.1, 0.15) is 10.6 Å². The Bertz CT molecular complexity index is 1110. The normalized spacial score (nSPS) is 11.6. The Morgan fingerprint density at radius 3 is 2.52 bits per heavy atom. The quantitative estimate of drug-likeness (QED) is 0.348. The van der Waals surface area contributed by atoms with Crippen LogP contribution in [0.3, 0.4) is 0 Å². The van der Waals surface area contributed by atoms with E-state index in [1.165, 1.54) is 11.8 Å². The number of aliphatic carboxylic acids is 1. The van der Waals surface area contributed by atoms with Crippen LogP contribution in [0, 0.1) is 0 Å². The molecule has 0 amide bonds. The first-order valence-corrected chi connectivity index (χ1v) is 11.4. The summed E-state index contributed by atoms with van der Waals surface area (Å²) in [6.07, 6.45) is 2.52. The predicted octanol–water partition coefficient (Wildman–Crippen LogP) is 4.81. The summed E-state index contributed by atoms with van der Waals surface area (Å²) in [6.45, 7) is 6.87. The van der Waals surface area contributed by atoms with E-state index in [2.05, 4.69) is 10.3 Å². The summed E-state index contributed by atoms with van der Waals surface area (Å²) in [5, 5.41) is 13.3. The number of carboxylic acids is 1. The van der Waals surface area contributed by atoms with Crippen LogP contribution in [0.5, 0.6) is 0 Å². The number of hydrogen-bond acceptors (Lipinski definition) is 5. The molecule has 1 heterocycles. The molecule has 0 bridgehead atoms. The summed E-state index contributed by atoms with van der Waals surface area (Å²) in [6, 6.07) is 15.3. The van der Waals surface area contributed by atoms with Crippen LogP contribution in [0.1, 0.15) is 39.4 Å². The van der Waals surface area contributed by atoms with E-state index < -0.39 is 10.7 Å². The molecule has 0 saturated heterocycles. The number of carboxylic acid groups (broad SMARTS) is 1. The molecular weight excluding hydrogens is 410 g/mol. The standard InChI is InChI=1S/C24H29N3O3S/c1-4-21-26-20-10-6-5-9-19(20)22(28)27(21)16-8-7-15-25-17-11-13-18(14-12-17)31-24(2,3)23(29)30/h5-6,9-14,25H,4,7-8,15-16H2,1-3H3,(H,29,30). The summed E-state index contributed by atoms with van der Waals surface area (Å²) < 4.78 is 0.945. The van der Waals surface area contributed by atoms with Gasteiger partial charge < -0.3 is 10.4 Å². The largest absolute Gasteiger partial charge is 0.480 e. The van der Waals surface area contributed by atoms with E-state index >= 15 is 0 Å². The van der Waals surface area contributed by atoms with Crippen LogP contribution in [0.15, 0.2) is 58.2 Å². The average molecular weight is 440 g/mol. The highest BCUT2D eigenvalue weighted by molar-refractivity contribution is 8.01. The van der Waals surface area contributed by atoms with Crippen molar-refractivity contribution < 1.29 is 9.90 Å². The minimum absolute atomic E-state index is 0.0350. The molecule has 1 aromatic heterocycles. The first kappa shape index (κ1) is 22.9. The van der Waals surface area contributed by atoms with Gasteiger partial charge in [-0.2, -0.15) is 0 Å². The Balaban J connectivity index is 1.52. The van der Waals surface area contributed by atoms with Gasteiger partial charge in [0.2, 0.25) is 0 Å². The molecule has 2 N–H and O–H groups in total. The number of para-hydroxylation sites is 1. The second-order valence-electron chi connectivity index (χ2n) is 7.93. The lowest BCUT2D eigenvalue weighted by Crippen LogP contribution is -2.26. The molecule has 0 aliphatic rings. The number of rotatable bonds is 10. The van der Waals surface area contributed by atoms with E-state index in [4.69, 9.17) is 0 Å². The number of nitrogens with one attached hydrogen (secondary N) is 1. The van der Waals surface area contributed by atoms with Crippen LogP contribution in [-0.4, -0.2) is 31.9 Å². The molecule has 0 saturated carbocycles. The topological polar surface area (TPSA) is 84.2 Å². The van der Waals surface area contributed by atoms with Crippen molar-refractivity contribution in [3.8, 4) is 0 Å². The monoisotopic (exact) mass is 439 g/mol. The summed E-state index contributed by atoms with van der Waals surface area (Å²) >= 11 is 1.33. The number of nitrogens with zero attached hydrogens (tertiary/aromatic N) is 2. The third kappa shape index (κ3) is 5.67. The number of aryl methyl sites for hydroxylation is 1. The van der Waals surface area contributed by atoms with Crippen LogP contribution in [-0.2, 0) is 17.8 Å². The maximum Gasteiger partial charge on any atom is 0.319 e. The lowest BCUT2D eigenvalue weighted by Gasteiger charge is -2.18. The summed E-state index contributed by atoms with van der Waals surface area (Å²) in [4.78, 5) is 29.7. The number of aromatic nitrogens is 2. The predicted molar refractivity (Wildman–Crippen MR) is 127 cm³/mol. The van der Waals surface area contributed by atoms with Crippen LogP contribution in [0.4, 0.5) is 5.69 Å². The third-order valence-corrected chi connectivity index (χ3v) is 6.33. The van der Waals surface area contributed by atoms with Gasteiger partial charge in [0.25, 0.3) is 5.56 Å². The molecule has 7 heteroatoms. The lowest BCUT2D eigenvalue weighted by atomic mass is 10.2. The van der Waals surface area contributed by atoms with E-state index in [-0.39, 0.29) is 5.56 Å². The van der Waals surface area contributed by atoms with Gasteiger partial charge >= 0.3 is 5.97 Å². The number of thioether (sulfide) groups is 1. The number of unbranched alkanes of at least 4 members (excludes halogenated alkanes) is 1. The Morgan fingerprint density at radius 2 is 1.84 bits per heavy atom. The van der Waals surface area contributed by atoms with Crippen molar-refractivity contribution in [1.82, 2.24) is 9.55 Å². The minimum atomic E-state index is -0.859. The van der Waals surface area contributed by atoms with Crippen molar-refractivity contribution in [3.63, 3.8) is 0 Å². The molecule has 0 fully saturated rings. The second kappa shape index (κ2) is 10.0. The Labute approximate surface area is 186 Å². The van der Waals surface area contributed by atoms with E-state index in [9.17, 15) is 14.7 Å². The Hall–Kier alpha value is -2.80. The van der Waals surface area contributed by atoms with Crippen molar-refractivity contribution in [2.45, 2.75) is 56.2 Å². The van der Waals surface area contributed by atoms with Crippen LogP contribution < -0.4 is 10.9 Å². The molecule has 0 unspecified atom stereocenters. The summed E-state index contributed by atoms with van der Waals surface area (Å²) in [7, 11) is 0. The lowest BCUT2D eigenvalue weighted by molar-refractivity contribution is -0.138. The number of carbonyl (C=O) groups is 1. The zero-order chi connectivity index (χ0) is 22.4. The fourth-order valence-corrected chi connectivity index (χ4v) is 4.27. The van der Waals surface area contributed by atoms with Gasteiger partial charge in [-0.3, -0.25) is 14.2 Å². The molecule has 0 aliphatic heterocycles. The highest BCUT2D eigenvalue weighted by atomic mass is 32.2. The number of hydrogen-bond donors (Lipinski definition) is 2. The maximum absolute atomic E-state index is 12.8. The molecule has 0 atom stereocenters. The van der Waals surface area contributed by atoms with E-state index in [1.54, 1.807) is 18.4 Å². The van der Waals surface area contributed by atoms with Gasteiger partial charge in [-0.25, -0.2) is 4.98 Å². The zero-order valence-electron chi connectivity index (χ0n) is 18.2. The molecule has 0 aliphatic carbocycles. The van der Waals surface area contributed by atoms with Gasteiger partial charge in [0.15, 0.2) is 0 Å². The van der Waals surface area contributed by atoms with Crippen molar-refractivity contribution >= 4 is 34.3 Å². The third-order valence-electron chi connectivity index (χ3n) is 5.14. The highest BCUT2D eigenvalue weighted by Gasteiger charge is 2.28. The molecule has 3 aromatic rings. The fourth-order valence-electron chi connectivity index (χ4n) is 3.32. The SMILES string of the molecule is CCc1nc2ccccc2c(=O)n1CCCCNc1ccc(SC(C)(C)C(=O)O)cc1.